The van der Waals surface area contributed by atoms with E-state index in [1.165, 1.54) is 12.1 Å². The van der Waals surface area contributed by atoms with Gasteiger partial charge in [-0.15, -0.1) is 5.10 Å². The Kier molecular flexibility index (Phi) is 6.87. The predicted octanol–water partition coefficient (Wildman–Crippen LogP) is 3.25. The van der Waals surface area contributed by atoms with Gasteiger partial charge in [0, 0.05) is 25.7 Å². The van der Waals surface area contributed by atoms with Crippen LogP contribution in [0.5, 0.6) is 11.6 Å². The molecule has 30 heavy (non-hydrogen) atoms. The summed E-state index contributed by atoms with van der Waals surface area (Å²) >= 11 is 0. The number of fused-ring (bicyclic) bond motifs is 1. The van der Waals surface area contributed by atoms with Crippen LogP contribution in [-0.4, -0.2) is 40.9 Å². The molecule has 0 aliphatic carbocycles. The Morgan fingerprint density at radius 3 is 2.67 bits per heavy atom. The summed E-state index contributed by atoms with van der Waals surface area (Å²) < 4.78 is 25.5. The van der Waals surface area contributed by atoms with E-state index >= 15 is 0 Å². The number of methoxy groups -OCH3 is 1. The van der Waals surface area contributed by atoms with Crippen molar-refractivity contribution >= 4 is 16.9 Å². The maximum absolute atomic E-state index is 12.9. The number of halogens is 1. The fourth-order valence-electron chi connectivity index (χ4n) is 3.46. The molecule has 0 radical (unpaired) electrons. The maximum atomic E-state index is 12.9. The third-order valence-electron chi connectivity index (χ3n) is 5.04. The van der Waals surface area contributed by atoms with Gasteiger partial charge >= 0.3 is 0 Å². The van der Waals surface area contributed by atoms with Gasteiger partial charge in [0.2, 0.25) is 11.8 Å². The zero-order valence-electron chi connectivity index (χ0n) is 17.8. The number of ether oxygens (including phenoxy) is 2. The fraction of sp³-hybridized carbons (Fsp3) is 0.409. The van der Waals surface area contributed by atoms with Gasteiger partial charge in [0.1, 0.15) is 11.6 Å². The smallest absolute Gasteiger partial charge is 0.242 e. The van der Waals surface area contributed by atoms with E-state index in [1.807, 2.05) is 20.9 Å². The molecule has 3 rings (SSSR count). The van der Waals surface area contributed by atoms with Crippen LogP contribution in [0.25, 0.3) is 11.0 Å². The van der Waals surface area contributed by atoms with Gasteiger partial charge in [-0.2, -0.15) is 0 Å². The number of amides is 1. The third kappa shape index (κ3) is 4.87. The lowest BCUT2D eigenvalue weighted by molar-refractivity contribution is -0.121. The monoisotopic (exact) mass is 414 g/mol. The van der Waals surface area contributed by atoms with E-state index in [4.69, 9.17) is 9.47 Å². The van der Waals surface area contributed by atoms with Gasteiger partial charge in [-0.05, 0) is 62.1 Å². The lowest BCUT2D eigenvalue weighted by Crippen LogP contribution is -2.26. The SMILES string of the molecule is COc1nn(C)c2nc(C)c(CCC(=O)NCCCOc3ccc(F)cc3)c(C)c12. The first-order valence-corrected chi connectivity index (χ1v) is 9.92. The molecule has 7 nitrogen and oxygen atoms in total. The highest BCUT2D eigenvalue weighted by atomic mass is 19.1. The van der Waals surface area contributed by atoms with Crippen molar-refractivity contribution < 1.29 is 18.7 Å². The van der Waals surface area contributed by atoms with Crippen molar-refractivity contribution in [2.45, 2.75) is 33.1 Å². The van der Waals surface area contributed by atoms with Gasteiger partial charge in [-0.1, -0.05) is 0 Å². The molecule has 0 saturated carbocycles. The van der Waals surface area contributed by atoms with Gasteiger partial charge in [-0.3, -0.25) is 4.79 Å². The van der Waals surface area contributed by atoms with Crippen molar-refractivity contribution in [1.29, 1.82) is 0 Å². The van der Waals surface area contributed by atoms with E-state index < -0.39 is 0 Å². The van der Waals surface area contributed by atoms with Crippen molar-refractivity contribution in [1.82, 2.24) is 20.1 Å². The number of nitrogens with zero attached hydrogens (tertiary/aromatic N) is 3. The highest BCUT2D eigenvalue weighted by Crippen LogP contribution is 2.30. The predicted molar refractivity (Wildman–Crippen MR) is 112 cm³/mol. The Morgan fingerprint density at radius 1 is 1.23 bits per heavy atom. The Hall–Kier alpha value is -3.16. The number of aryl methyl sites for hydroxylation is 3. The summed E-state index contributed by atoms with van der Waals surface area (Å²) in [5.41, 5.74) is 3.76. The zero-order chi connectivity index (χ0) is 21.7. The number of hydrogen-bond donors (Lipinski definition) is 1. The van der Waals surface area contributed by atoms with Crippen molar-refractivity contribution in [3.8, 4) is 11.6 Å². The molecule has 0 aliphatic heterocycles. The summed E-state index contributed by atoms with van der Waals surface area (Å²) in [7, 11) is 3.43. The molecular weight excluding hydrogens is 387 g/mol. The minimum Gasteiger partial charge on any atom is -0.494 e. The van der Waals surface area contributed by atoms with Crippen LogP contribution in [0.2, 0.25) is 0 Å². The lowest BCUT2D eigenvalue weighted by Gasteiger charge is -2.11. The molecule has 0 bridgehead atoms. The van der Waals surface area contributed by atoms with E-state index in [9.17, 15) is 9.18 Å². The summed E-state index contributed by atoms with van der Waals surface area (Å²) in [6, 6.07) is 5.88. The molecule has 2 aromatic heterocycles. The largest absolute Gasteiger partial charge is 0.494 e. The minimum absolute atomic E-state index is 0.0196. The molecule has 0 saturated heterocycles. The summed E-state index contributed by atoms with van der Waals surface area (Å²) in [6.07, 6.45) is 1.63. The Balaban J connectivity index is 1.49. The molecule has 2 heterocycles. The van der Waals surface area contributed by atoms with Gasteiger partial charge in [-0.25, -0.2) is 14.1 Å². The van der Waals surface area contributed by atoms with Crippen LogP contribution in [0.1, 0.15) is 29.7 Å². The number of pyridine rings is 1. The number of benzene rings is 1. The van der Waals surface area contributed by atoms with Crippen LogP contribution in [-0.2, 0) is 18.3 Å². The van der Waals surface area contributed by atoms with Crippen molar-refractivity contribution in [3.05, 3.63) is 46.9 Å². The van der Waals surface area contributed by atoms with Gasteiger partial charge in [0.15, 0.2) is 5.65 Å². The molecule has 1 aromatic carbocycles. The number of aromatic nitrogens is 3. The molecule has 160 valence electrons. The molecular formula is C22H27FN4O3. The molecule has 1 amide bonds. The first-order valence-electron chi connectivity index (χ1n) is 9.92. The van der Waals surface area contributed by atoms with Gasteiger partial charge in [0.05, 0.1) is 19.1 Å². The summed E-state index contributed by atoms with van der Waals surface area (Å²) in [6.45, 7) is 4.93. The number of carbonyl (C=O) groups excluding carboxylic acids is 1. The standard InChI is InChI=1S/C22H27FN4O3/c1-14-18(15(2)25-21-20(14)22(29-4)26-27(21)3)10-11-19(28)24-12-5-13-30-17-8-6-16(23)7-9-17/h6-9H,5,10-13H2,1-4H3,(H,24,28). The maximum Gasteiger partial charge on any atom is 0.242 e. The number of rotatable bonds is 9. The van der Waals surface area contributed by atoms with Gasteiger partial charge < -0.3 is 14.8 Å². The topological polar surface area (TPSA) is 78.3 Å². The molecule has 0 spiro atoms. The normalized spacial score (nSPS) is 11.0. The highest BCUT2D eigenvalue weighted by Gasteiger charge is 2.18. The van der Waals surface area contributed by atoms with Crippen LogP contribution >= 0.6 is 0 Å². The quantitative estimate of drug-likeness (QED) is 0.544. The molecule has 1 N–H and O–H groups in total. The van der Waals surface area contributed by atoms with Crippen LogP contribution in [0, 0.1) is 19.7 Å². The van der Waals surface area contributed by atoms with E-state index in [0.717, 1.165) is 27.9 Å². The minimum atomic E-state index is -0.295. The molecule has 8 heteroatoms. The second kappa shape index (κ2) is 9.56. The zero-order valence-corrected chi connectivity index (χ0v) is 17.8. The first-order chi connectivity index (χ1) is 14.4. The lowest BCUT2D eigenvalue weighted by atomic mass is 10.00. The fourth-order valence-corrected chi connectivity index (χ4v) is 3.46. The van der Waals surface area contributed by atoms with E-state index in [-0.39, 0.29) is 11.7 Å². The van der Waals surface area contributed by atoms with E-state index in [1.54, 1.807) is 23.9 Å². The average molecular weight is 414 g/mol. The van der Waals surface area contributed by atoms with Crippen LogP contribution in [0.4, 0.5) is 4.39 Å². The number of nitrogens with one attached hydrogen (secondary N) is 1. The third-order valence-corrected chi connectivity index (χ3v) is 5.04. The molecule has 0 atom stereocenters. The van der Waals surface area contributed by atoms with E-state index in [2.05, 4.69) is 15.4 Å². The van der Waals surface area contributed by atoms with Crippen LogP contribution < -0.4 is 14.8 Å². The summed E-state index contributed by atoms with van der Waals surface area (Å²) in [5, 5.41) is 8.15. The van der Waals surface area contributed by atoms with Crippen molar-refractivity contribution in [3.63, 3.8) is 0 Å². The Morgan fingerprint density at radius 2 is 1.97 bits per heavy atom. The average Bonchev–Trinajstić information content (AvgIpc) is 3.04. The second-order valence-electron chi connectivity index (χ2n) is 7.14. The Labute approximate surface area is 175 Å². The van der Waals surface area contributed by atoms with Gasteiger partial charge in [0.25, 0.3) is 0 Å². The van der Waals surface area contributed by atoms with Crippen LogP contribution in [0.15, 0.2) is 24.3 Å². The molecule has 0 fully saturated rings. The second-order valence-corrected chi connectivity index (χ2v) is 7.14. The first kappa shape index (κ1) is 21.5. The number of carbonyl (C=O) groups is 1. The summed E-state index contributed by atoms with van der Waals surface area (Å²) in [4.78, 5) is 16.9. The molecule has 0 unspecified atom stereocenters. The van der Waals surface area contributed by atoms with Crippen molar-refractivity contribution in [2.75, 3.05) is 20.3 Å². The Bertz CT molecular complexity index is 1030. The number of hydrogen-bond acceptors (Lipinski definition) is 5. The highest BCUT2D eigenvalue weighted by molar-refractivity contribution is 5.86. The van der Waals surface area contributed by atoms with E-state index in [0.29, 0.717) is 44.0 Å². The molecule has 0 aliphatic rings. The van der Waals surface area contributed by atoms with Crippen molar-refractivity contribution in [2.24, 2.45) is 7.05 Å². The summed E-state index contributed by atoms with van der Waals surface area (Å²) in [5.74, 6) is 0.844. The molecule has 3 aromatic rings. The van der Waals surface area contributed by atoms with Crippen LogP contribution in [0.3, 0.4) is 0 Å².